The first-order chi connectivity index (χ1) is 17.2. The molecule has 5 aliphatic rings. The number of alkyl halides is 8. The van der Waals surface area contributed by atoms with Crippen molar-refractivity contribution in [3.05, 3.63) is 59.1 Å². The summed E-state index contributed by atoms with van der Waals surface area (Å²) in [4.78, 5) is 15.5. The molecule has 1 aromatic carbocycles. The lowest BCUT2D eigenvalue weighted by atomic mass is 9.57. The topological polar surface area (TPSA) is 80.4 Å². The van der Waals surface area contributed by atoms with E-state index in [1.165, 1.54) is 0 Å². The average Bonchev–Trinajstić information content (AvgIpc) is 3.17. The number of halogens is 12. The summed E-state index contributed by atoms with van der Waals surface area (Å²) in [6.07, 6.45) is 0. The van der Waals surface area contributed by atoms with Crippen molar-refractivity contribution in [3.63, 3.8) is 0 Å². The number of nitrogens with zero attached hydrogens (tertiary/aromatic N) is 1. The molecule has 1 aromatic rings. The summed E-state index contributed by atoms with van der Waals surface area (Å²) in [5.41, 5.74) is -1.09. The molecule has 1 N–H and O–H groups in total. The fraction of sp³-hybridized carbons (Fsp3) is 0.476. The number of allylic oxidation sites excluding steroid dienone is 4. The van der Waals surface area contributed by atoms with Crippen LogP contribution in [0.3, 0.4) is 0 Å². The predicted molar refractivity (Wildman–Crippen MR) is 153 cm³/mol. The van der Waals surface area contributed by atoms with E-state index in [4.69, 9.17) is 139 Å². The number of carboxylic acid groups (broad SMARTS) is 1. The Morgan fingerprint density at radius 1 is 0.711 bits per heavy atom. The minimum Gasteiger partial charge on any atom is -0.477 e. The third-order valence-electron chi connectivity index (χ3n) is 8.67. The molecule has 0 amide bonds. The third kappa shape index (κ3) is 2.56. The van der Waals surface area contributed by atoms with Gasteiger partial charge < -0.3 is 5.11 Å². The number of nitro benzene ring substituents is 1. The zero-order chi connectivity index (χ0) is 28.5. The van der Waals surface area contributed by atoms with Gasteiger partial charge in [0.1, 0.15) is 25.1 Å². The van der Waals surface area contributed by atoms with Crippen LogP contribution < -0.4 is 0 Å². The maximum Gasteiger partial charge on any atom is 0.342 e. The molecule has 2 saturated carbocycles. The molecule has 204 valence electrons. The zero-order valence-corrected chi connectivity index (χ0v) is 26.7. The quantitative estimate of drug-likeness (QED) is 0.185. The SMILES string of the molecule is O=C(O)c1cc2c(cc1[N+](=O)[O-])[C@@H]1[C@H]([C@H]3[C@@H]2[C@@]2(Cl)C(Cl)=C(Cl)[C@@]3(Cl)C2(Cl)Cl)[C@@]2(Cl)C(Cl)=C(Cl)[C@@]1(Cl)C2(Cl)Cl. The molecule has 0 saturated heterocycles. The van der Waals surface area contributed by atoms with E-state index in [9.17, 15) is 20.0 Å². The highest BCUT2D eigenvalue weighted by Gasteiger charge is 2.91. The number of fused-ring (bicyclic) bond motifs is 14. The highest BCUT2D eigenvalue weighted by Crippen LogP contribution is 2.88. The smallest absolute Gasteiger partial charge is 0.342 e. The van der Waals surface area contributed by atoms with Gasteiger partial charge in [0.2, 0.25) is 0 Å². The van der Waals surface area contributed by atoms with Gasteiger partial charge in [-0.05, 0) is 17.2 Å². The van der Waals surface area contributed by atoms with Gasteiger partial charge in [0, 0.05) is 29.7 Å². The van der Waals surface area contributed by atoms with Crippen molar-refractivity contribution in [3.8, 4) is 0 Å². The average molecular weight is 763 g/mol. The molecule has 6 rings (SSSR count). The van der Waals surface area contributed by atoms with Crippen molar-refractivity contribution < 1.29 is 14.8 Å². The van der Waals surface area contributed by atoms with Gasteiger partial charge in [-0.2, -0.15) is 0 Å². The van der Waals surface area contributed by atoms with Gasteiger partial charge >= 0.3 is 5.97 Å². The van der Waals surface area contributed by atoms with E-state index in [0.29, 0.717) is 0 Å². The minimum absolute atomic E-state index is 0.135. The van der Waals surface area contributed by atoms with Crippen LogP contribution in [0.2, 0.25) is 0 Å². The molecule has 17 heteroatoms. The Bertz CT molecular complexity index is 1380. The van der Waals surface area contributed by atoms with Crippen LogP contribution in [0.5, 0.6) is 0 Å². The number of nitro groups is 1. The van der Waals surface area contributed by atoms with E-state index in [1.807, 2.05) is 0 Å². The number of carboxylic acids is 1. The summed E-state index contributed by atoms with van der Waals surface area (Å²) in [5.74, 6) is -5.95. The monoisotopic (exact) mass is 757 g/mol. The first-order valence-electron chi connectivity index (χ1n) is 10.4. The molecular formula is C21H7Cl12NO4. The molecular weight excluding hydrogens is 756 g/mol. The number of hydrogen-bond acceptors (Lipinski definition) is 3. The van der Waals surface area contributed by atoms with Crippen LogP contribution in [-0.4, -0.2) is 44.2 Å². The van der Waals surface area contributed by atoms with E-state index in [0.717, 1.165) is 12.1 Å². The van der Waals surface area contributed by atoms with E-state index < -0.39 is 74.0 Å². The second-order valence-corrected chi connectivity index (χ2v) is 16.4. The third-order valence-corrected chi connectivity index (χ3v) is 17.2. The number of aromatic carboxylic acids is 1. The van der Waals surface area contributed by atoms with Crippen LogP contribution in [0.15, 0.2) is 32.3 Å². The van der Waals surface area contributed by atoms with Crippen LogP contribution in [-0.2, 0) is 0 Å². The summed E-state index contributed by atoms with van der Waals surface area (Å²) < 4.78 is -4.23. The maximum atomic E-state index is 12.1. The lowest BCUT2D eigenvalue weighted by molar-refractivity contribution is -0.385. The Hall–Kier alpha value is 1.05. The largest absolute Gasteiger partial charge is 0.477 e. The highest BCUT2D eigenvalue weighted by molar-refractivity contribution is 6.67. The molecule has 0 heterocycles. The Kier molecular flexibility index (Phi) is 6.10. The van der Waals surface area contributed by atoms with Gasteiger partial charge in [0.15, 0.2) is 8.67 Å². The van der Waals surface area contributed by atoms with E-state index in [2.05, 4.69) is 0 Å². The first kappa shape index (κ1) is 29.1. The summed E-state index contributed by atoms with van der Waals surface area (Å²) in [5, 5.41) is 21.1. The summed E-state index contributed by atoms with van der Waals surface area (Å²) >= 11 is 82.8. The molecule has 5 nitrogen and oxygen atoms in total. The van der Waals surface area contributed by atoms with Gasteiger partial charge in [0.05, 0.1) is 25.1 Å². The second kappa shape index (κ2) is 7.95. The number of rotatable bonds is 2. The fourth-order valence-corrected chi connectivity index (χ4v) is 13.3. The molecule has 2 fully saturated rings. The molecule has 0 spiro atoms. The molecule has 0 unspecified atom stereocenters. The Balaban J connectivity index is 1.82. The normalized spacial score (nSPS) is 44.8. The van der Waals surface area contributed by atoms with Crippen molar-refractivity contribution in [2.24, 2.45) is 11.8 Å². The maximum absolute atomic E-state index is 12.1. The van der Waals surface area contributed by atoms with Crippen molar-refractivity contribution in [1.29, 1.82) is 0 Å². The van der Waals surface area contributed by atoms with Crippen LogP contribution >= 0.6 is 139 Å². The van der Waals surface area contributed by atoms with Gasteiger partial charge in [-0.1, -0.05) is 92.8 Å². The molecule has 5 aliphatic carbocycles. The summed E-state index contributed by atoms with van der Waals surface area (Å²) in [6, 6.07) is 2.14. The van der Waals surface area contributed by atoms with Crippen LogP contribution in [0, 0.1) is 22.0 Å². The first-order valence-corrected chi connectivity index (χ1v) is 15.0. The van der Waals surface area contributed by atoms with E-state index in [-0.39, 0.29) is 31.3 Å². The van der Waals surface area contributed by atoms with Crippen molar-refractivity contribution in [2.45, 2.75) is 40.0 Å². The molecule has 8 atom stereocenters. The minimum atomic E-state index is -2.12. The molecule has 4 bridgehead atoms. The Morgan fingerprint density at radius 3 is 1.39 bits per heavy atom. The van der Waals surface area contributed by atoms with Crippen LogP contribution in [0.1, 0.15) is 33.3 Å². The number of benzene rings is 1. The Labute approximate surface area is 274 Å². The van der Waals surface area contributed by atoms with Crippen molar-refractivity contribution in [1.82, 2.24) is 0 Å². The van der Waals surface area contributed by atoms with Crippen LogP contribution in [0.4, 0.5) is 5.69 Å². The zero-order valence-electron chi connectivity index (χ0n) is 17.6. The molecule has 0 aromatic heterocycles. The fourth-order valence-electron chi connectivity index (χ4n) is 7.26. The predicted octanol–water partition coefficient (Wildman–Crippen LogP) is 9.40. The summed E-state index contributed by atoms with van der Waals surface area (Å²) in [7, 11) is 0. The summed E-state index contributed by atoms with van der Waals surface area (Å²) in [6.45, 7) is 0. The number of hydrogen-bond donors (Lipinski definition) is 1. The Morgan fingerprint density at radius 2 is 1.05 bits per heavy atom. The van der Waals surface area contributed by atoms with Gasteiger partial charge in [-0.3, -0.25) is 10.1 Å². The lowest BCUT2D eigenvalue weighted by Crippen LogP contribution is -2.53. The van der Waals surface area contributed by atoms with Crippen LogP contribution in [0.25, 0.3) is 0 Å². The van der Waals surface area contributed by atoms with Gasteiger partial charge in [0.25, 0.3) is 5.69 Å². The second-order valence-electron chi connectivity index (χ2n) is 9.82. The van der Waals surface area contributed by atoms with E-state index >= 15 is 0 Å². The van der Waals surface area contributed by atoms with Crippen molar-refractivity contribution in [2.75, 3.05) is 0 Å². The van der Waals surface area contributed by atoms with Gasteiger partial charge in [-0.25, -0.2) is 4.79 Å². The molecule has 0 aliphatic heterocycles. The highest BCUT2D eigenvalue weighted by atomic mass is 35.5. The molecule has 0 radical (unpaired) electrons. The number of carbonyl (C=O) groups is 1. The van der Waals surface area contributed by atoms with E-state index in [1.54, 1.807) is 0 Å². The van der Waals surface area contributed by atoms with Gasteiger partial charge in [-0.15, -0.1) is 46.4 Å². The lowest BCUT2D eigenvalue weighted by Gasteiger charge is -2.52. The standard InChI is InChI=1S/C21H7Cl12NO4/c22-11-13(24)18(28)9-7(16(11,26)20(18,30)31)3-1-5(15(35)36)6(34(37)38)2-4(3)8-10(9)19(29)14(25)12(23)17(8,27)21(19,32)33/h1-2,7-10H,(H,35,36)/t7-,8-,9-,10-,16-,17-,18-,19-/m1/s1. The molecule has 38 heavy (non-hydrogen) atoms. The van der Waals surface area contributed by atoms with Crippen molar-refractivity contribution >= 4 is 151 Å².